The van der Waals surface area contributed by atoms with E-state index >= 15 is 0 Å². The molecule has 0 saturated heterocycles. The third-order valence-electron chi connectivity index (χ3n) is 3.97. The number of nitrogens with one attached hydrogen (secondary N) is 2. The van der Waals surface area contributed by atoms with Crippen molar-refractivity contribution >= 4 is 70.5 Å². The summed E-state index contributed by atoms with van der Waals surface area (Å²) in [4.78, 5) is 29.9. The first-order chi connectivity index (χ1) is 14.7. The number of hydrogen-bond acceptors (Lipinski definition) is 6. The molecule has 0 aliphatic rings. The molecule has 0 fully saturated rings. The van der Waals surface area contributed by atoms with E-state index in [1.165, 1.54) is 29.2 Å². The van der Waals surface area contributed by atoms with Crippen LogP contribution in [-0.2, 0) is 16.6 Å². The van der Waals surface area contributed by atoms with Gasteiger partial charge in [0, 0.05) is 40.2 Å². The highest BCUT2D eigenvalue weighted by atomic mass is 127. The maximum Gasteiger partial charge on any atom is 0.333 e. The zero-order valence-electron chi connectivity index (χ0n) is 16.0. The van der Waals surface area contributed by atoms with E-state index in [-0.39, 0.29) is 15.4 Å². The number of nitrogens with zero attached hydrogens (tertiary/aromatic N) is 2. The predicted octanol–water partition coefficient (Wildman–Crippen LogP) is 4.96. The highest BCUT2D eigenvalue weighted by molar-refractivity contribution is 14.1. The average molecular weight is 591 g/mol. The second-order valence-electron chi connectivity index (χ2n) is 6.27. The number of rotatable bonds is 6. The van der Waals surface area contributed by atoms with Crippen LogP contribution in [-0.4, -0.2) is 35.3 Å². The van der Waals surface area contributed by atoms with Crippen molar-refractivity contribution in [2.45, 2.75) is 11.4 Å². The Bertz CT molecular complexity index is 1200. The number of urea groups is 1. The van der Waals surface area contributed by atoms with Crippen LogP contribution in [0.1, 0.15) is 5.01 Å². The number of amides is 3. The minimum Gasteiger partial charge on any atom is -0.330 e. The minimum absolute atomic E-state index is 0.0949. The molecule has 1 heterocycles. The summed E-state index contributed by atoms with van der Waals surface area (Å²) < 4.78 is 26.7. The van der Waals surface area contributed by atoms with Crippen molar-refractivity contribution in [1.82, 2.24) is 14.6 Å². The summed E-state index contributed by atoms with van der Waals surface area (Å²) in [5, 5.41) is 3.89. The van der Waals surface area contributed by atoms with Gasteiger partial charge in [-0.1, -0.05) is 53.3 Å². The third-order valence-corrected chi connectivity index (χ3v) is 7.35. The second-order valence-corrected chi connectivity index (χ2v) is 10.4. The van der Waals surface area contributed by atoms with E-state index in [0.29, 0.717) is 20.7 Å². The topological polar surface area (TPSA) is 108 Å². The molecule has 0 spiro atoms. The monoisotopic (exact) mass is 590 g/mol. The van der Waals surface area contributed by atoms with E-state index in [4.69, 9.17) is 11.6 Å². The SMILES string of the molecule is CN(Cc1nc(-c2ccccc2)c(NC(=O)NS(=O)(=O)c2ccc(Cl)cc2)s1)C(=O)I. The van der Waals surface area contributed by atoms with Gasteiger partial charge in [0.1, 0.15) is 15.7 Å². The Kier molecular flexibility index (Phi) is 7.51. The van der Waals surface area contributed by atoms with Gasteiger partial charge in [-0.2, -0.15) is 0 Å². The number of thiazole rings is 1. The fourth-order valence-corrected chi connectivity index (χ4v) is 4.74. The van der Waals surface area contributed by atoms with Crippen molar-refractivity contribution in [1.29, 1.82) is 0 Å². The van der Waals surface area contributed by atoms with Crippen LogP contribution in [0, 0.1) is 0 Å². The molecule has 2 N–H and O–H groups in total. The maximum absolute atomic E-state index is 12.5. The molecule has 0 aliphatic heterocycles. The third kappa shape index (κ3) is 6.15. The number of aromatic nitrogens is 1. The van der Waals surface area contributed by atoms with Gasteiger partial charge in [-0.15, -0.1) is 0 Å². The Morgan fingerprint density at radius 1 is 1.13 bits per heavy atom. The Morgan fingerprint density at radius 2 is 1.77 bits per heavy atom. The molecule has 0 unspecified atom stereocenters. The molecule has 0 atom stereocenters. The fourth-order valence-electron chi connectivity index (χ4n) is 2.50. The van der Waals surface area contributed by atoms with E-state index in [2.05, 4.69) is 10.3 Å². The van der Waals surface area contributed by atoms with Crippen LogP contribution in [0.4, 0.5) is 14.6 Å². The van der Waals surface area contributed by atoms with E-state index in [0.717, 1.165) is 16.9 Å². The number of benzene rings is 2. The summed E-state index contributed by atoms with van der Waals surface area (Å²) in [6.07, 6.45) is 0. The molecule has 1 aromatic heterocycles. The molecule has 8 nitrogen and oxygen atoms in total. The predicted molar refractivity (Wildman–Crippen MR) is 129 cm³/mol. The first-order valence-electron chi connectivity index (χ1n) is 8.71. The Labute approximate surface area is 201 Å². The maximum atomic E-state index is 12.5. The smallest absolute Gasteiger partial charge is 0.330 e. The lowest BCUT2D eigenvalue weighted by atomic mass is 10.2. The van der Waals surface area contributed by atoms with Gasteiger partial charge >= 0.3 is 6.03 Å². The van der Waals surface area contributed by atoms with Crippen LogP contribution >= 0.6 is 45.5 Å². The molecule has 3 amide bonds. The first kappa shape index (κ1) is 23.4. The molecule has 3 aromatic rings. The molecule has 0 saturated carbocycles. The van der Waals surface area contributed by atoms with Gasteiger partial charge in [0.25, 0.3) is 13.9 Å². The van der Waals surface area contributed by atoms with E-state index in [9.17, 15) is 18.0 Å². The van der Waals surface area contributed by atoms with Crippen LogP contribution in [0.3, 0.4) is 0 Å². The Morgan fingerprint density at radius 3 is 2.39 bits per heavy atom. The van der Waals surface area contributed by atoms with Crippen LogP contribution in [0.5, 0.6) is 0 Å². The average Bonchev–Trinajstić information content (AvgIpc) is 3.10. The molecule has 2 aromatic carbocycles. The van der Waals surface area contributed by atoms with Crippen molar-refractivity contribution in [3.63, 3.8) is 0 Å². The lowest BCUT2D eigenvalue weighted by Gasteiger charge is -2.10. The summed E-state index contributed by atoms with van der Waals surface area (Å²) in [5.74, 6) is 0. The highest BCUT2D eigenvalue weighted by Gasteiger charge is 2.21. The highest BCUT2D eigenvalue weighted by Crippen LogP contribution is 2.34. The van der Waals surface area contributed by atoms with Gasteiger partial charge in [-0.25, -0.2) is 22.9 Å². The molecule has 162 valence electrons. The summed E-state index contributed by atoms with van der Waals surface area (Å²) >= 11 is 8.62. The number of sulfonamides is 1. The van der Waals surface area contributed by atoms with Crippen LogP contribution in [0.25, 0.3) is 11.3 Å². The van der Waals surface area contributed by atoms with Gasteiger partial charge in [-0.3, -0.25) is 10.1 Å². The normalized spacial score (nSPS) is 11.1. The number of carbonyl (C=O) groups excluding carboxylic acids is 2. The molecule has 12 heteroatoms. The van der Waals surface area contributed by atoms with Crippen molar-refractivity contribution in [2.75, 3.05) is 12.4 Å². The molecule has 31 heavy (non-hydrogen) atoms. The number of hydrogen-bond donors (Lipinski definition) is 2. The molecule has 0 aliphatic carbocycles. The van der Waals surface area contributed by atoms with E-state index < -0.39 is 16.1 Å². The summed E-state index contributed by atoms with van der Waals surface area (Å²) in [7, 11) is -2.45. The van der Waals surface area contributed by atoms with Crippen LogP contribution in [0.2, 0.25) is 5.02 Å². The summed E-state index contributed by atoms with van der Waals surface area (Å²) in [5.41, 5.74) is 1.22. The van der Waals surface area contributed by atoms with E-state index in [1.807, 2.05) is 35.1 Å². The number of carbonyl (C=O) groups is 2. The Balaban J connectivity index is 1.85. The number of halogens is 2. The van der Waals surface area contributed by atoms with Crippen molar-refractivity contribution in [2.24, 2.45) is 0 Å². The lowest BCUT2D eigenvalue weighted by Crippen LogP contribution is -2.34. The molecular formula is C19H16ClIN4O4S2. The zero-order chi connectivity index (χ0) is 22.6. The van der Waals surface area contributed by atoms with Crippen molar-refractivity contribution in [3.05, 3.63) is 64.6 Å². The summed E-state index contributed by atoms with van der Waals surface area (Å²) in [6.45, 7) is 0.249. The first-order valence-corrected chi connectivity index (χ1v) is 12.5. The quantitative estimate of drug-likeness (QED) is 0.240. The molecule has 0 radical (unpaired) electrons. The van der Waals surface area contributed by atoms with Crippen LogP contribution < -0.4 is 10.0 Å². The van der Waals surface area contributed by atoms with Gasteiger partial charge in [-0.05, 0) is 24.3 Å². The minimum atomic E-state index is -4.09. The summed E-state index contributed by atoms with van der Waals surface area (Å²) in [6, 6.07) is 13.6. The standard InChI is InChI=1S/C19H16ClIN4O4S2/c1-25(18(21)26)11-15-22-16(12-5-3-2-4-6-12)17(30-15)23-19(27)24-31(28,29)14-9-7-13(20)8-10-14/h2-10H,11H2,1H3,(H2,23,24,27). The van der Waals surface area contributed by atoms with Crippen molar-refractivity contribution in [3.8, 4) is 11.3 Å². The van der Waals surface area contributed by atoms with Gasteiger partial charge in [0.15, 0.2) is 0 Å². The van der Waals surface area contributed by atoms with Crippen molar-refractivity contribution < 1.29 is 18.0 Å². The van der Waals surface area contributed by atoms with E-state index in [1.54, 1.807) is 29.6 Å². The number of anilines is 1. The van der Waals surface area contributed by atoms with Gasteiger partial charge in [0.2, 0.25) is 0 Å². The molecular weight excluding hydrogens is 575 g/mol. The zero-order valence-corrected chi connectivity index (χ0v) is 20.5. The lowest BCUT2D eigenvalue weighted by molar-refractivity contribution is 0.234. The second kappa shape index (κ2) is 9.94. The van der Waals surface area contributed by atoms with Crippen LogP contribution in [0.15, 0.2) is 59.5 Å². The Hall–Kier alpha value is -2.22. The largest absolute Gasteiger partial charge is 0.333 e. The molecule has 3 rings (SSSR count). The molecule has 0 bridgehead atoms. The van der Waals surface area contributed by atoms with Gasteiger partial charge < -0.3 is 4.90 Å². The fraction of sp³-hybridized carbons (Fsp3) is 0.105. The van der Waals surface area contributed by atoms with Gasteiger partial charge in [0.05, 0.1) is 11.4 Å².